The lowest BCUT2D eigenvalue weighted by molar-refractivity contribution is 0.578. The van der Waals surface area contributed by atoms with Gasteiger partial charge in [-0.2, -0.15) is 5.10 Å². The second-order valence-electron chi connectivity index (χ2n) is 6.96. The van der Waals surface area contributed by atoms with Crippen molar-refractivity contribution in [3.8, 4) is 11.3 Å². The zero-order valence-electron chi connectivity index (χ0n) is 15.3. The van der Waals surface area contributed by atoms with E-state index >= 15 is 0 Å². The number of hydrogen-bond donors (Lipinski definition) is 0. The molecule has 0 aliphatic carbocycles. The SMILES string of the molecule is CN(C[C@H]1CCN(c2ccccc2)C1)c1nccc(-c2cnn(C)c2)n1. The van der Waals surface area contributed by atoms with Crippen LogP contribution < -0.4 is 9.80 Å². The molecule has 0 bridgehead atoms. The van der Waals surface area contributed by atoms with Crippen LogP contribution in [0.5, 0.6) is 0 Å². The van der Waals surface area contributed by atoms with E-state index in [9.17, 15) is 0 Å². The minimum Gasteiger partial charge on any atom is -0.371 e. The minimum absolute atomic E-state index is 0.617. The second-order valence-corrected chi connectivity index (χ2v) is 6.96. The lowest BCUT2D eigenvalue weighted by Crippen LogP contribution is -2.29. The van der Waals surface area contributed by atoms with E-state index in [1.54, 1.807) is 4.68 Å². The lowest BCUT2D eigenvalue weighted by Gasteiger charge is -2.22. The van der Waals surface area contributed by atoms with Gasteiger partial charge in [0.25, 0.3) is 0 Å². The Labute approximate surface area is 154 Å². The molecule has 0 unspecified atom stereocenters. The molecule has 134 valence electrons. The summed E-state index contributed by atoms with van der Waals surface area (Å²) in [5, 5.41) is 4.22. The van der Waals surface area contributed by atoms with Crippen LogP contribution in [0.1, 0.15) is 6.42 Å². The number of rotatable bonds is 5. The standard InChI is InChI=1S/C20H24N6/c1-24(13-16-9-11-26(14-16)18-6-4-3-5-7-18)20-21-10-8-19(23-20)17-12-22-25(2)15-17/h3-8,10,12,15-16H,9,11,13-14H2,1-2H3/t16-/m1/s1. The van der Waals surface area contributed by atoms with Gasteiger partial charge in [-0.25, -0.2) is 9.97 Å². The summed E-state index contributed by atoms with van der Waals surface area (Å²) in [5.74, 6) is 1.38. The van der Waals surface area contributed by atoms with Gasteiger partial charge in [0.2, 0.25) is 5.95 Å². The zero-order valence-corrected chi connectivity index (χ0v) is 15.3. The number of aryl methyl sites for hydroxylation is 1. The topological polar surface area (TPSA) is 50.1 Å². The van der Waals surface area contributed by atoms with Crippen LogP contribution >= 0.6 is 0 Å². The third-order valence-electron chi connectivity index (χ3n) is 4.92. The molecule has 6 nitrogen and oxygen atoms in total. The lowest BCUT2D eigenvalue weighted by atomic mass is 10.1. The van der Waals surface area contributed by atoms with E-state index in [4.69, 9.17) is 4.98 Å². The van der Waals surface area contributed by atoms with Gasteiger partial charge in [-0.1, -0.05) is 18.2 Å². The van der Waals surface area contributed by atoms with E-state index < -0.39 is 0 Å². The van der Waals surface area contributed by atoms with Gasteiger partial charge in [0.15, 0.2) is 0 Å². The first kappa shape index (κ1) is 16.6. The van der Waals surface area contributed by atoms with Crippen molar-refractivity contribution >= 4 is 11.6 Å². The predicted octanol–water partition coefficient (Wildman–Crippen LogP) is 2.84. The molecule has 0 amide bonds. The molecule has 0 radical (unpaired) electrons. The van der Waals surface area contributed by atoms with Crippen molar-refractivity contribution in [3.63, 3.8) is 0 Å². The van der Waals surface area contributed by atoms with Gasteiger partial charge in [-0.05, 0) is 30.5 Å². The first-order valence-corrected chi connectivity index (χ1v) is 9.02. The number of anilines is 2. The molecule has 1 saturated heterocycles. The summed E-state index contributed by atoms with van der Waals surface area (Å²) in [7, 11) is 3.99. The third-order valence-corrected chi connectivity index (χ3v) is 4.92. The Morgan fingerprint density at radius 1 is 1.19 bits per heavy atom. The van der Waals surface area contributed by atoms with Crippen LogP contribution in [0.2, 0.25) is 0 Å². The minimum atomic E-state index is 0.617. The van der Waals surface area contributed by atoms with Gasteiger partial charge < -0.3 is 9.80 Å². The van der Waals surface area contributed by atoms with Crippen LogP contribution in [0, 0.1) is 5.92 Å². The first-order chi connectivity index (χ1) is 12.7. The molecule has 1 aliphatic rings. The van der Waals surface area contributed by atoms with Crippen LogP contribution in [-0.4, -0.2) is 46.4 Å². The molecule has 4 rings (SSSR count). The third kappa shape index (κ3) is 3.54. The first-order valence-electron chi connectivity index (χ1n) is 9.02. The predicted molar refractivity (Wildman–Crippen MR) is 104 cm³/mol. The molecule has 3 aromatic rings. The molecule has 3 heterocycles. The fourth-order valence-electron chi connectivity index (χ4n) is 3.57. The summed E-state index contributed by atoms with van der Waals surface area (Å²) in [4.78, 5) is 13.8. The average Bonchev–Trinajstić information content (AvgIpc) is 3.32. The molecular weight excluding hydrogens is 324 g/mol. The van der Waals surface area contributed by atoms with Crippen molar-refractivity contribution in [2.75, 3.05) is 36.5 Å². The Hall–Kier alpha value is -2.89. The van der Waals surface area contributed by atoms with Crippen molar-refractivity contribution in [3.05, 3.63) is 55.0 Å². The molecule has 0 saturated carbocycles. The largest absolute Gasteiger partial charge is 0.371 e. The summed E-state index contributed by atoms with van der Waals surface area (Å²) in [5.41, 5.74) is 3.24. The Balaban J connectivity index is 1.42. The number of aromatic nitrogens is 4. The maximum absolute atomic E-state index is 4.72. The molecule has 1 fully saturated rings. The quantitative estimate of drug-likeness (QED) is 0.710. The normalized spacial score (nSPS) is 16.8. The summed E-state index contributed by atoms with van der Waals surface area (Å²) in [6.45, 7) is 3.15. The van der Waals surface area contributed by atoms with Gasteiger partial charge in [0.05, 0.1) is 11.9 Å². The van der Waals surface area contributed by atoms with Crippen LogP contribution in [0.25, 0.3) is 11.3 Å². The molecule has 0 N–H and O–H groups in total. The van der Waals surface area contributed by atoms with Gasteiger partial charge in [-0.15, -0.1) is 0 Å². The summed E-state index contributed by atoms with van der Waals surface area (Å²) in [6, 6.07) is 12.6. The van der Waals surface area contributed by atoms with Crippen LogP contribution in [0.4, 0.5) is 11.6 Å². The van der Waals surface area contributed by atoms with Crippen molar-refractivity contribution in [1.29, 1.82) is 0 Å². The molecule has 6 heteroatoms. The van der Waals surface area contributed by atoms with Crippen LogP contribution in [-0.2, 0) is 7.05 Å². The van der Waals surface area contributed by atoms with Gasteiger partial charge in [0, 0.05) is 57.4 Å². The van der Waals surface area contributed by atoms with E-state index in [1.807, 2.05) is 31.7 Å². The highest BCUT2D eigenvalue weighted by molar-refractivity contribution is 5.58. The van der Waals surface area contributed by atoms with Crippen molar-refractivity contribution in [2.24, 2.45) is 13.0 Å². The Bertz CT molecular complexity index is 860. The van der Waals surface area contributed by atoms with Crippen LogP contribution in [0.15, 0.2) is 55.0 Å². The molecule has 26 heavy (non-hydrogen) atoms. The van der Waals surface area contributed by atoms with Gasteiger partial charge in [-0.3, -0.25) is 4.68 Å². The fourth-order valence-corrected chi connectivity index (χ4v) is 3.57. The van der Waals surface area contributed by atoms with E-state index in [-0.39, 0.29) is 0 Å². The monoisotopic (exact) mass is 348 g/mol. The second kappa shape index (κ2) is 7.15. The van der Waals surface area contributed by atoms with E-state index in [2.05, 4.69) is 57.3 Å². The Kier molecular flexibility index (Phi) is 4.56. The average molecular weight is 348 g/mol. The van der Waals surface area contributed by atoms with E-state index in [0.29, 0.717) is 5.92 Å². The van der Waals surface area contributed by atoms with E-state index in [1.165, 1.54) is 12.1 Å². The Morgan fingerprint density at radius 3 is 2.81 bits per heavy atom. The van der Waals surface area contributed by atoms with Gasteiger partial charge in [0.1, 0.15) is 0 Å². The molecular formula is C20H24N6. The molecule has 1 atom stereocenters. The van der Waals surface area contributed by atoms with Crippen molar-refractivity contribution < 1.29 is 0 Å². The zero-order chi connectivity index (χ0) is 17.9. The highest BCUT2D eigenvalue weighted by Gasteiger charge is 2.24. The number of hydrogen-bond acceptors (Lipinski definition) is 5. The fraction of sp³-hybridized carbons (Fsp3) is 0.350. The number of para-hydroxylation sites is 1. The summed E-state index contributed by atoms with van der Waals surface area (Å²) < 4.78 is 1.79. The van der Waals surface area contributed by atoms with Crippen LogP contribution in [0.3, 0.4) is 0 Å². The Morgan fingerprint density at radius 2 is 2.04 bits per heavy atom. The van der Waals surface area contributed by atoms with Gasteiger partial charge >= 0.3 is 0 Å². The smallest absolute Gasteiger partial charge is 0.225 e. The van der Waals surface area contributed by atoms with Crippen molar-refractivity contribution in [2.45, 2.75) is 6.42 Å². The molecule has 1 aliphatic heterocycles. The maximum atomic E-state index is 4.72. The highest BCUT2D eigenvalue weighted by Crippen LogP contribution is 2.25. The number of nitrogens with zero attached hydrogens (tertiary/aromatic N) is 6. The number of benzene rings is 1. The van der Waals surface area contributed by atoms with E-state index in [0.717, 1.165) is 36.8 Å². The summed E-state index contributed by atoms with van der Waals surface area (Å²) in [6.07, 6.45) is 6.83. The van der Waals surface area contributed by atoms with Crippen molar-refractivity contribution in [1.82, 2.24) is 19.7 Å². The highest BCUT2D eigenvalue weighted by atomic mass is 15.3. The maximum Gasteiger partial charge on any atom is 0.225 e. The summed E-state index contributed by atoms with van der Waals surface area (Å²) >= 11 is 0. The molecule has 1 aromatic carbocycles. The molecule has 0 spiro atoms. The molecule has 2 aromatic heterocycles.